The molecule has 0 aromatic heterocycles. The molecule has 1 aromatic rings. The van der Waals surface area contributed by atoms with Crippen LogP contribution in [-0.2, 0) is 9.59 Å². The van der Waals surface area contributed by atoms with E-state index >= 15 is 0 Å². The van der Waals surface area contributed by atoms with E-state index in [0.29, 0.717) is 5.69 Å². The topological polar surface area (TPSA) is 86.6 Å². The third kappa shape index (κ3) is 2.53. The van der Waals surface area contributed by atoms with E-state index in [1.165, 1.54) is 18.2 Å². The number of hydrogen-bond acceptors (Lipinski definition) is 3. The van der Waals surface area contributed by atoms with Gasteiger partial charge in [-0.3, -0.25) is 4.79 Å². The molecule has 104 valence electrons. The number of nitrogens with one attached hydrogen (secondary N) is 1. The Morgan fingerprint density at radius 1 is 1.20 bits per heavy atom. The standard InChI is InChI=1S/C14H12ClNO4/c15-9-6-7-11(12(17)18)14(8-9,13(19)20)16-10-4-2-1-3-5-10/h1-8,11,16H,(H,17,18)(H,19,20). The molecule has 2 rings (SSSR count). The molecule has 5 nitrogen and oxygen atoms in total. The van der Waals surface area contributed by atoms with Crippen molar-refractivity contribution in [2.24, 2.45) is 5.92 Å². The number of para-hydroxylation sites is 1. The van der Waals surface area contributed by atoms with Crippen molar-refractivity contribution in [2.75, 3.05) is 5.32 Å². The van der Waals surface area contributed by atoms with Crippen molar-refractivity contribution in [3.63, 3.8) is 0 Å². The SMILES string of the molecule is O=C(O)C1C=CC(Cl)=CC1(Nc1ccccc1)C(=O)O. The van der Waals surface area contributed by atoms with E-state index in [1.54, 1.807) is 30.3 Å². The summed E-state index contributed by atoms with van der Waals surface area (Å²) >= 11 is 5.86. The number of anilines is 1. The lowest BCUT2D eigenvalue weighted by Gasteiger charge is -2.34. The Labute approximate surface area is 120 Å². The molecule has 20 heavy (non-hydrogen) atoms. The number of hydrogen-bond donors (Lipinski definition) is 3. The van der Waals surface area contributed by atoms with Crippen molar-refractivity contribution in [3.8, 4) is 0 Å². The highest BCUT2D eigenvalue weighted by Gasteiger charge is 2.48. The molecule has 6 heteroatoms. The Bertz CT molecular complexity index is 596. The minimum atomic E-state index is -1.82. The number of aliphatic carboxylic acids is 2. The Balaban J connectivity index is 2.49. The van der Waals surface area contributed by atoms with E-state index in [1.807, 2.05) is 0 Å². The number of benzene rings is 1. The third-order valence-corrected chi connectivity index (χ3v) is 3.28. The molecule has 0 heterocycles. The summed E-state index contributed by atoms with van der Waals surface area (Å²) in [5, 5.41) is 21.7. The zero-order valence-corrected chi connectivity index (χ0v) is 11.0. The van der Waals surface area contributed by atoms with E-state index in [9.17, 15) is 19.8 Å². The number of halogens is 1. The molecule has 3 N–H and O–H groups in total. The summed E-state index contributed by atoms with van der Waals surface area (Å²) in [6, 6.07) is 8.53. The fourth-order valence-corrected chi connectivity index (χ4v) is 2.34. The van der Waals surface area contributed by atoms with Crippen LogP contribution in [-0.4, -0.2) is 27.7 Å². The normalized spacial score (nSPS) is 24.9. The third-order valence-electron chi connectivity index (χ3n) is 3.05. The fraction of sp³-hybridized carbons (Fsp3) is 0.143. The van der Waals surface area contributed by atoms with Crippen LogP contribution in [0.25, 0.3) is 0 Å². The summed E-state index contributed by atoms with van der Waals surface area (Å²) in [5.74, 6) is -3.81. The Morgan fingerprint density at radius 2 is 1.85 bits per heavy atom. The van der Waals surface area contributed by atoms with Gasteiger partial charge >= 0.3 is 11.9 Å². The highest BCUT2D eigenvalue weighted by molar-refractivity contribution is 6.31. The number of rotatable bonds is 4. The summed E-state index contributed by atoms with van der Waals surface area (Å²) in [4.78, 5) is 23.0. The molecular weight excluding hydrogens is 282 g/mol. The van der Waals surface area contributed by atoms with Crippen LogP contribution in [0, 0.1) is 5.92 Å². The van der Waals surface area contributed by atoms with Gasteiger partial charge in [-0.1, -0.05) is 35.9 Å². The van der Waals surface area contributed by atoms with Gasteiger partial charge in [0.1, 0.15) is 5.92 Å². The molecule has 2 atom stereocenters. The smallest absolute Gasteiger partial charge is 0.334 e. The molecule has 1 aromatic carbocycles. The van der Waals surface area contributed by atoms with E-state index in [0.717, 1.165) is 0 Å². The van der Waals surface area contributed by atoms with Crippen LogP contribution < -0.4 is 5.32 Å². The maximum atomic E-state index is 11.7. The largest absolute Gasteiger partial charge is 0.481 e. The van der Waals surface area contributed by atoms with Crippen LogP contribution in [0.4, 0.5) is 5.69 Å². The molecular formula is C14H12ClNO4. The van der Waals surface area contributed by atoms with Gasteiger partial charge in [-0.15, -0.1) is 0 Å². The summed E-state index contributed by atoms with van der Waals surface area (Å²) in [7, 11) is 0. The van der Waals surface area contributed by atoms with Gasteiger partial charge in [0.2, 0.25) is 0 Å². The van der Waals surface area contributed by atoms with Gasteiger partial charge < -0.3 is 15.5 Å². The Hall–Kier alpha value is -2.27. The second kappa shape index (κ2) is 5.38. The molecule has 0 saturated carbocycles. The van der Waals surface area contributed by atoms with Gasteiger partial charge in [0.05, 0.1) is 0 Å². The lowest BCUT2D eigenvalue weighted by atomic mass is 9.80. The van der Waals surface area contributed by atoms with Crippen LogP contribution in [0.3, 0.4) is 0 Å². The lowest BCUT2D eigenvalue weighted by Crippen LogP contribution is -2.54. The molecule has 0 aliphatic heterocycles. The van der Waals surface area contributed by atoms with E-state index < -0.39 is 23.4 Å². The Morgan fingerprint density at radius 3 is 2.40 bits per heavy atom. The second-order valence-electron chi connectivity index (χ2n) is 4.37. The van der Waals surface area contributed by atoms with Gasteiger partial charge in [-0.05, 0) is 24.3 Å². The van der Waals surface area contributed by atoms with Crippen molar-refractivity contribution in [2.45, 2.75) is 5.54 Å². The Kier molecular flexibility index (Phi) is 3.81. The number of carbonyl (C=O) groups is 2. The predicted molar refractivity (Wildman–Crippen MR) is 74.6 cm³/mol. The van der Waals surface area contributed by atoms with Gasteiger partial charge in [0.25, 0.3) is 0 Å². The van der Waals surface area contributed by atoms with E-state index in [4.69, 9.17) is 11.6 Å². The summed E-state index contributed by atoms with van der Waals surface area (Å²) in [5.41, 5.74) is -1.32. The highest BCUT2D eigenvalue weighted by atomic mass is 35.5. The monoisotopic (exact) mass is 293 g/mol. The first-order valence-electron chi connectivity index (χ1n) is 5.82. The van der Waals surface area contributed by atoms with E-state index in [-0.39, 0.29) is 5.03 Å². The van der Waals surface area contributed by atoms with Crippen LogP contribution in [0.2, 0.25) is 0 Å². The average Bonchev–Trinajstić information content (AvgIpc) is 2.39. The second-order valence-corrected chi connectivity index (χ2v) is 4.81. The minimum absolute atomic E-state index is 0.174. The molecule has 0 saturated heterocycles. The number of carboxylic acids is 2. The molecule has 0 spiro atoms. The molecule has 0 radical (unpaired) electrons. The first-order valence-corrected chi connectivity index (χ1v) is 6.19. The first-order chi connectivity index (χ1) is 9.45. The predicted octanol–water partition coefficient (Wildman–Crippen LogP) is 2.32. The maximum absolute atomic E-state index is 11.7. The lowest BCUT2D eigenvalue weighted by molar-refractivity contribution is -0.150. The van der Waals surface area contributed by atoms with Crippen molar-refractivity contribution in [3.05, 3.63) is 53.6 Å². The molecule has 0 bridgehead atoms. The van der Waals surface area contributed by atoms with Crippen molar-refractivity contribution >= 4 is 29.2 Å². The highest BCUT2D eigenvalue weighted by Crippen LogP contribution is 2.33. The molecule has 1 aliphatic carbocycles. The summed E-state index contributed by atoms with van der Waals surface area (Å²) in [6.07, 6.45) is 3.87. The summed E-state index contributed by atoms with van der Waals surface area (Å²) in [6.45, 7) is 0. The van der Waals surface area contributed by atoms with Crippen LogP contribution in [0.15, 0.2) is 53.6 Å². The maximum Gasteiger partial charge on any atom is 0.334 e. The quantitative estimate of drug-likeness (QED) is 0.793. The van der Waals surface area contributed by atoms with Crippen molar-refractivity contribution in [1.29, 1.82) is 0 Å². The van der Waals surface area contributed by atoms with Crippen LogP contribution in [0.1, 0.15) is 0 Å². The number of carboxylic acid groups (broad SMARTS) is 2. The number of allylic oxidation sites excluding steroid dienone is 2. The van der Waals surface area contributed by atoms with Gasteiger partial charge in [-0.25, -0.2) is 4.79 Å². The summed E-state index contributed by atoms with van der Waals surface area (Å²) < 4.78 is 0. The van der Waals surface area contributed by atoms with Crippen LogP contribution in [0.5, 0.6) is 0 Å². The van der Waals surface area contributed by atoms with E-state index in [2.05, 4.69) is 5.32 Å². The zero-order chi connectivity index (χ0) is 14.8. The zero-order valence-electron chi connectivity index (χ0n) is 10.3. The van der Waals surface area contributed by atoms with Crippen molar-refractivity contribution < 1.29 is 19.8 Å². The molecule has 0 fully saturated rings. The minimum Gasteiger partial charge on any atom is -0.481 e. The molecule has 0 amide bonds. The molecule has 2 unspecified atom stereocenters. The molecule has 1 aliphatic rings. The van der Waals surface area contributed by atoms with Gasteiger partial charge in [0, 0.05) is 10.7 Å². The van der Waals surface area contributed by atoms with Crippen molar-refractivity contribution in [1.82, 2.24) is 0 Å². The van der Waals surface area contributed by atoms with Gasteiger partial charge in [-0.2, -0.15) is 0 Å². The average molecular weight is 294 g/mol. The van der Waals surface area contributed by atoms with Gasteiger partial charge in [0.15, 0.2) is 5.54 Å². The first kappa shape index (κ1) is 14.1. The fourth-order valence-electron chi connectivity index (χ4n) is 2.09. The van der Waals surface area contributed by atoms with Crippen LogP contribution >= 0.6 is 11.6 Å².